The van der Waals surface area contributed by atoms with Crippen LogP contribution in [-0.4, -0.2) is 64.2 Å². The number of imidazole rings is 1. The third-order valence-corrected chi connectivity index (χ3v) is 8.14. The lowest BCUT2D eigenvalue weighted by Gasteiger charge is -2.33. The first-order valence-electron chi connectivity index (χ1n) is 11.9. The third kappa shape index (κ3) is 4.00. The second-order valence-electron chi connectivity index (χ2n) is 9.24. The molecule has 6 rings (SSSR count). The fourth-order valence-corrected chi connectivity index (χ4v) is 6.13. The highest BCUT2D eigenvalue weighted by molar-refractivity contribution is 7.18. The summed E-state index contributed by atoms with van der Waals surface area (Å²) >= 11 is 1.79. The van der Waals surface area contributed by atoms with Gasteiger partial charge in [0.25, 0.3) is 0 Å². The normalized spacial score (nSPS) is 20.2. The quantitative estimate of drug-likeness (QED) is 0.485. The van der Waals surface area contributed by atoms with E-state index in [0.717, 1.165) is 92.1 Å². The predicted molar refractivity (Wildman–Crippen MR) is 133 cm³/mol. The Bertz CT molecular complexity index is 1260. The highest BCUT2D eigenvalue weighted by atomic mass is 32.1. The molecule has 0 saturated carbocycles. The second kappa shape index (κ2) is 8.66. The number of thiophene rings is 1. The van der Waals surface area contributed by atoms with Crippen molar-refractivity contribution in [2.24, 2.45) is 0 Å². The molecule has 2 fully saturated rings. The number of fused-ring (bicyclic) bond motifs is 2. The number of piperidine rings is 1. The number of ether oxygens (including phenoxy) is 1. The number of aromatic nitrogens is 4. The maximum Gasteiger partial charge on any atom is 0.146 e. The Morgan fingerprint density at radius 3 is 2.79 bits per heavy atom. The molecular weight excluding hydrogens is 432 g/mol. The minimum absolute atomic E-state index is 0.374. The van der Waals surface area contributed by atoms with Crippen LogP contribution in [0.4, 0.5) is 5.82 Å². The number of hydrogen-bond donors (Lipinski definition) is 1. The Balaban J connectivity index is 1.34. The molecule has 2 aliphatic rings. The second-order valence-corrected chi connectivity index (χ2v) is 10.4. The number of nitrogens with zero attached hydrogens (tertiary/aromatic N) is 5. The summed E-state index contributed by atoms with van der Waals surface area (Å²) in [7, 11) is 0. The van der Waals surface area contributed by atoms with Gasteiger partial charge in [0, 0.05) is 37.0 Å². The van der Waals surface area contributed by atoms with Crippen molar-refractivity contribution in [3.8, 4) is 0 Å². The fraction of sp³-hybridized carbons (Fsp3) is 0.480. The number of benzene rings is 1. The summed E-state index contributed by atoms with van der Waals surface area (Å²) in [6, 6.07) is 8.30. The first kappa shape index (κ1) is 21.0. The molecule has 0 amide bonds. The molecule has 2 saturated heterocycles. The average Bonchev–Trinajstić information content (AvgIpc) is 3.40. The number of anilines is 1. The number of hydrogen-bond acceptors (Lipinski definition) is 7. The van der Waals surface area contributed by atoms with Gasteiger partial charge in [0.2, 0.25) is 0 Å². The van der Waals surface area contributed by atoms with Crippen LogP contribution in [0.25, 0.3) is 21.3 Å². The number of para-hydroxylation sites is 2. The molecule has 2 aliphatic heterocycles. The van der Waals surface area contributed by atoms with Crippen LogP contribution < -0.4 is 4.90 Å². The van der Waals surface area contributed by atoms with Crippen LogP contribution in [0, 0.1) is 13.8 Å². The van der Waals surface area contributed by atoms with Gasteiger partial charge in [0.05, 0.1) is 36.2 Å². The zero-order valence-corrected chi connectivity index (χ0v) is 20.1. The van der Waals surface area contributed by atoms with Gasteiger partial charge in [0.15, 0.2) is 0 Å². The molecule has 0 bridgehead atoms. The number of nitrogens with one attached hydrogen (secondary N) is 1. The largest absolute Gasteiger partial charge is 0.379 e. The monoisotopic (exact) mass is 462 g/mol. The SMILES string of the molecule is Cc1sc2nc(CN3CCOCC3)nc(N3CCCC(c4nc5ccccc5[nH]4)C3)c2c1C. The lowest BCUT2D eigenvalue weighted by Crippen LogP contribution is -2.37. The van der Waals surface area contributed by atoms with Gasteiger partial charge < -0.3 is 14.6 Å². The van der Waals surface area contributed by atoms with Gasteiger partial charge in [-0.15, -0.1) is 11.3 Å². The predicted octanol–water partition coefficient (Wildman–Crippen LogP) is 4.40. The summed E-state index contributed by atoms with van der Waals surface area (Å²) in [5.74, 6) is 3.49. The smallest absolute Gasteiger partial charge is 0.146 e. The van der Waals surface area contributed by atoms with Crippen LogP contribution in [0.2, 0.25) is 0 Å². The molecule has 1 aromatic carbocycles. The highest BCUT2D eigenvalue weighted by Crippen LogP contribution is 2.38. The van der Waals surface area contributed by atoms with Gasteiger partial charge in [-0.3, -0.25) is 4.90 Å². The standard InChI is InChI=1S/C25H30N6OS/c1-16-17(2)33-25-22(16)24(28-21(29-25)15-30-10-12-32-13-11-30)31-9-5-6-18(14-31)23-26-19-7-3-4-8-20(19)27-23/h3-4,7-8,18H,5-6,9-15H2,1-2H3,(H,26,27). The van der Waals surface area contributed by atoms with E-state index in [1.807, 2.05) is 0 Å². The van der Waals surface area contributed by atoms with Gasteiger partial charge in [0.1, 0.15) is 22.3 Å². The van der Waals surface area contributed by atoms with Crippen molar-refractivity contribution >= 4 is 38.4 Å². The molecule has 3 aromatic heterocycles. The zero-order valence-electron chi connectivity index (χ0n) is 19.3. The van der Waals surface area contributed by atoms with Gasteiger partial charge in [-0.2, -0.15) is 0 Å². The highest BCUT2D eigenvalue weighted by Gasteiger charge is 2.28. The fourth-order valence-electron chi connectivity index (χ4n) is 5.09. The van der Waals surface area contributed by atoms with Crippen molar-refractivity contribution in [3.05, 3.63) is 46.4 Å². The number of aromatic amines is 1. The molecule has 7 nitrogen and oxygen atoms in total. The summed E-state index contributed by atoms with van der Waals surface area (Å²) < 4.78 is 5.52. The Hall–Kier alpha value is -2.55. The molecule has 1 N–H and O–H groups in total. The van der Waals surface area contributed by atoms with Crippen molar-refractivity contribution in [1.29, 1.82) is 0 Å². The number of rotatable bonds is 4. The van der Waals surface area contributed by atoms with Crippen molar-refractivity contribution in [2.45, 2.75) is 39.2 Å². The van der Waals surface area contributed by atoms with Gasteiger partial charge in [-0.05, 0) is 44.4 Å². The van der Waals surface area contributed by atoms with E-state index in [0.29, 0.717) is 5.92 Å². The van der Waals surface area contributed by atoms with E-state index in [4.69, 9.17) is 19.7 Å². The van der Waals surface area contributed by atoms with Crippen LogP contribution in [0.15, 0.2) is 24.3 Å². The van der Waals surface area contributed by atoms with Crippen LogP contribution >= 0.6 is 11.3 Å². The maximum atomic E-state index is 5.52. The van der Waals surface area contributed by atoms with Gasteiger partial charge in [-0.25, -0.2) is 15.0 Å². The van der Waals surface area contributed by atoms with Crippen LogP contribution in [0.1, 0.15) is 40.8 Å². The minimum Gasteiger partial charge on any atom is -0.379 e. The van der Waals surface area contributed by atoms with Crippen molar-refractivity contribution in [1.82, 2.24) is 24.8 Å². The van der Waals surface area contributed by atoms with E-state index in [9.17, 15) is 0 Å². The zero-order chi connectivity index (χ0) is 22.4. The van der Waals surface area contributed by atoms with E-state index < -0.39 is 0 Å². The van der Waals surface area contributed by atoms with E-state index in [1.165, 1.54) is 15.8 Å². The third-order valence-electron chi connectivity index (χ3n) is 7.04. The van der Waals surface area contributed by atoms with E-state index in [2.05, 4.69) is 52.9 Å². The Kier molecular flexibility index (Phi) is 5.52. The molecule has 0 aliphatic carbocycles. The molecule has 1 unspecified atom stereocenters. The minimum atomic E-state index is 0.374. The van der Waals surface area contributed by atoms with Crippen molar-refractivity contribution < 1.29 is 4.74 Å². The Morgan fingerprint density at radius 1 is 1.09 bits per heavy atom. The van der Waals surface area contributed by atoms with E-state index >= 15 is 0 Å². The first-order valence-corrected chi connectivity index (χ1v) is 12.7. The van der Waals surface area contributed by atoms with Crippen molar-refractivity contribution in [2.75, 3.05) is 44.3 Å². The molecule has 5 heterocycles. The Morgan fingerprint density at radius 2 is 1.94 bits per heavy atom. The molecular formula is C25H30N6OS. The van der Waals surface area contributed by atoms with Crippen LogP contribution in [0.5, 0.6) is 0 Å². The van der Waals surface area contributed by atoms with E-state index in [1.54, 1.807) is 11.3 Å². The molecule has 172 valence electrons. The maximum absolute atomic E-state index is 5.52. The number of aryl methyl sites for hydroxylation is 2. The van der Waals surface area contributed by atoms with Gasteiger partial charge in [-0.1, -0.05) is 12.1 Å². The molecule has 8 heteroatoms. The summed E-state index contributed by atoms with van der Waals surface area (Å²) in [6.07, 6.45) is 2.28. The molecule has 33 heavy (non-hydrogen) atoms. The molecule has 0 spiro atoms. The summed E-state index contributed by atoms with van der Waals surface area (Å²) in [5.41, 5.74) is 3.48. The lowest BCUT2D eigenvalue weighted by molar-refractivity contribution is 0.0331. The summed E-state index contributed by atoms with van der Waals surface area (Å²) in [5, 5.41) is 1.23. The number of morpholine rings is 1. The Labute approximate surface area is 197 Å². The van der Waals surface area contributed by atoms with E-state index in [-0.39, 0.29) is 0 Å². The van der Waals surface area contributed by atoms with Crippen LogP contribution in [0.3, 0.4) is 0 Å². The molecule has 1 atom stereocenters. The summed E-state index contributed by atoms with van der Waals surface area (Å²) in [4.78, 5) is 26.0. The van der Waals surface area contributed by atoms with Gasteiger partial charge >= 0.3 is 0 Å². The molecule has 0 radical (unpaired) electrons. The average molecular weight is 463 g/mol. The first-order chi connectivity index (χ1) is 16.2. The topological polar surface area (TPSA) is 70.2 Å². The molecule has 4 aromatic rings. The lowest BCUT2D eigenvalue weighted by atomic mass is 9.97. The van der Waals surface area contributed by atoms with Crippen LogP contribution in [-0.2, 0) is 11.3 Å². The summed E-state index contributed by atoms with van der Waals surface area (Å²) in [6.45, 7) is 10.6. The number of H-pyrrole nitrogens is 1. The van der Waals surface area contributed by atoms with Crippen molar-refractivity contribution in [3.63, 3.8) is 0 Å².